The molecule has 0 unspecified atom stereocenters. The maximum Gasteiger partial charge on any atom is 0.324 e. The lowest BCUT2D eigenvalue weighted by Gasteiger charge is -2.13. The summed E-state index contributed by atoms with van der Waals surface area (Å²) in [5, 5.41) is 6.37. The summed E-state index contributed by atoms with van der Waals surface area (Å²) in [6.07, 6.45) is 0. The van der Waals surface area contributed by atoms with Crippen LogP contribution in [-0.4, -0.2) is 27.8 Å². The minimum atomic E-state index is -0.503. The van der Waals surface area contributed by atoms with Gasteiger partial charge in [0.2, 0.25) is 11.1 Å². The van der Waals surface area contributed by atoms with Crippen LogP contribution in [0.1, 0.15) is 17.7 Å². The second-order valence-electron chi connectivity index (χ2n) is 3.66. The SMILES string of the molecule is CCOC(=O)[C@@H](Sc1n[nH]c(N)n1)c1ccccc1. The molecule has 1 atom stereocenters. The number of benzene rings is 1. The Bertz CT molecular complexity index is 544. The monoisotopic (exact) mass is 278 g/mol. The number of ether oxygens (including phenoxy) is 1. The van der Waals surface area contributed by atoms with Crippen LogP contribution in [0.4, 0.5) is 5.95 Å². The quantitative estimate of drug-likeness (QED) is 0.639. The highest BCUT2D eigenvalue weighted by Gasteiger charge is 2.24. The number of hydrogen-bond acceptors (Lipinski definition) is 6. The molecule has 0 fully saturated rings. The standard InChI is InChI=1S/C12H14N4O2S/c1-2-18-10(17)9(8-6-4-3-5-7-8)19-12-14-11(13)15-16-12/h3-7,9H,2H2,1H3,(H3,13,14,15,16)/t9-/m0/s1. The number of aromatic nitrogens is 3. The molecule has 0 aliphatic heterocycles. The minimum Gasteiger partial charge on any atom is -0.465 e. The number of nitrogen functional groups attached to an aromatic ring is 1. The van der Waals surface area contributed by atoms with Crippen molar-refractivity contribution in [3.05, 3.63) is 35.9 Å². The number of thioether (sulfide) groups is 1. The average molecular weight is 278 g/mol. The van der Waals surface area contributed by atoms with Crippen molar-refractivity contribution in [1.82, 2.24) is 15.2 Å². The molecule has 0 bridgehead atoms. The molecular formula is C12H14N4O2S. The van der Waals surface area contributed by atoms with Gasteiger partial charge in [0.15, 0.2) is 0 Å². The first kappa shape index (κ1) is 13.4. The van der Waals surface area contributed by atoms with Crippen LogP contribution in [0.15, 0.2) is 35.5 Å². The van der Waals surface area contributed by atoms with Gasteiger partial charge in [0.05, 0.1) is 6.61 Å². The molecular weight excluding hydrogens is 264 g/mol. The lowest BCUT2D eigenvalue weighted by molar-refractivity contribution is -0.142. The molecule has 6 nitrogen and oxygen atoms in total. The highest BCUT2D eigenvalue weighted by molar-refractivity contribution is 8.00. The zero-order valence-corrected chi connectivity index (χ0v) is 11.2. The van der Waals surface area contributed by atoms with Gasteiger partial charge >= 0.3 is 5.97 Å². The summed E-state index contributed by atoms with van der Waals surface area (Å²) in [6.45, 7) is 2.11. The fourth-order valence-corrected chi connectivity index (χ4v) is 2.43. The second-order valence-corrected chi connectivity index (χ2v) is 4.74. The van der Waals surface area contributed by atoms with E-state index in [0.717, 1.165) is 5.56 Å². The summed E-state index contributed by atoms with van der Waals surface area (Å²) >= 11 is 1.20. The highest BCUT2D eigenvalue weighted by Crippen LogP contribution is 2.34. The lowest BCUT2D eigenvalue weighted by atomic mass is 10.1. The molecule has 0 saturated carbocycles. The Morgan fingerprint density at radius 1 is 1.47 bits per heavy atom. The van der Waals surface area contributed by atoms with E-state index >= 15 is 0 Å². The van der Waals surface area contributed by atoms with Crippen LogP contribution in [0.5, 0.6) is 0 Å². The van der Waals surface area contributed by atoms with Crippen LogP contribution in [-0.2, 0) is 9.53 Å². The van der Waals surface area contributed by atoms with Crippen molar-refractivity contribution >= 4 is 23.7 Å². The van der Waals surface area contributed by atoms with Crippen LogP contribution in [0.2, 0.25) is 0 Å². The topological polar surface area (TPSA) is 93.9 Å². The van der Waals surface area contributed by atoms with Crippen molar-refractivity contribution < 1.29 is 9.53 Å². The first-order chi connectivity index (χ1) is 9.20. The fourth-order valence-electron chi connectivity index (χ4n) is 1.51. The van der Waals surface area contributed by atoms with Crippen LogP contribution in [0, 0.1) is 0 Å². The molecule has 2 rings (SSSR count). The van der Waals surface area contributed by atoms with Gasteiger partial charge in [0.1, 0.15) is 5.25 Å². The number of nitrogens with one attached hydrogen (secondary N) is 1. The zero-order valence-electron chi connectivity index (χ0n) is 10.4. The number of carbonyl (C=O) groups excluding carboxylic acids is 1. The number of H-pyrrole nitrogens is 1. The Kier molecular flexibility index (Phi) is 4.40. The number of anilines is 1. The molecule has 1 aromatic carbocycles. The minimum absolute atomic E-state index is 0.221. The van der Waals surface area contributed by atoms with E-state index in [1.54, 1.807) is 6.92 Å². The second kappa shape index (κ2) is 6.24. The molecule has 0 amide bonds. The van der Waals surface area contributed by atoms with Gasteiger partial charge in [-0.2, -0.15) is 4.98 Å². The number of rotatable bonds is 5. The van der Waals surface area contributed by atoms with Crippen molar-refractivity contribution in [1.29, 1.82) is 0 Å². The highest BCUT2D eigenvalue weighted by atomic mass is 32.2. The first-order valence-corrected chi connectivity index (χ1v) is 6.64. The van der Waals surface area contributed by atoms with E-state index in [0.29, 0.717) is 11.8 Å². The number of nitrogens with zero attached hydrogens (tertiary/aromatic N) is 2. The molecule has 0 aliphatic carbocycles. The van der Waals surface area contributed by atoms with E-state index in [9.17, 15) is 4.79 Å². The van der Waals surface area contributed by atoms with Gasteiger partial charge in [-0.05, 0) is 12.5 Å². The van der Waals surface area contributed by atoms with Gasteiger partial charge < -0.3 is 10.5 Å². The van der Waals surface area contributed by atoms with Crippen LogP contribution in [0.3, 0.4) is 0 Å². The van der Waals surface area contributed by atoms with Crippen molar-refractivity contribution in [2.24, 2.45) is 0 Å². The van der Waals surface area contributed by atoms with Gasteiger partial charge in [-0.15, -0.1) is 5.10 Å². The number of esters is 1. The molecule has 0 aliphatic rings. The molecule has 1 heterocycles. The molecule has 2 aromatic rings. The summed E-state index contributed by atoms with van der Waals surface area (Å²) in [4.78, 5) is 16.0. The average Bonchev–Trinajstić information content (AvgIpc) is 2.83. The molecule has 7 heteroatoms. The number of hydrogen-bond donors (Lipinski definition) is 2. The third-order valence-corrected chi connectivity index (χ3v) is 3.40. The number of carbonyl (C=O) groups is 1. The Balaban J connectivity index is 2.22. The van der Waals surface area contributed by atoms with Crippen molar-refractivity contribution in [3.8, 4) is 0 Å². The van der Waals surface area contributed by atoms with Crippen LogP contribution in [0.25, 0.3) is 0 Å². The number of aromatic amines is 1. The van der Waals surface area contributed by atoms with E-state index in [-0.39, 0.29) is 11.9 Å². The van der Waals surface area contributed by atoms with E-state index < -0.39 is 5.25 Å². The van der Waals surface area contributed by atoms with Gasteiger partial charge in [0, 0.05) is 0 Å². The third-order valence-electron chi connectivity index (χ3n) is 2.31. The zero-order chi connectivity index (χ0) is 13.7. The molecule has 100 valence electrons. The van der Waals surface area contributed by atoms with E-state index in [2.05, 4.69) is 15.2 Å². The van der Waals surface area contributed by atoms with E-state index in [1.807, 2.05) is 30.3 Å². The first-order valence-electron chi connectivity index (χ1n) is 5.76. The molecule has 0 saturated heterocycles. The molecule has 0 radical (unpaired) electrons. The van der Waals surface area contributed by atoms with Crippen LogP contribution >= 0.6 is 11.8 Å². The predicted molar refractivity (Wildman–Crippen MR) is 72.5 cm³/mol. The Hall–Kier alpha value is -2.02. The normalized spacial score (nSPS) is 12.1. The summed E-state index contributed by atoms with van der Waals surface area (Å²) < 4.78 is 5.08. The molecule has 19 heavy (non-hydrogen) atoms. The Morgan fingerprint density at radius 2 is 2.21 bits per heavy atom. The predicted octanol–water partition coefficient (Wildman–Crippen LogP) is 1.78. The Morgan fingerprint density at radius 3 is 2.79 bits per heavy atom. The van der Waals surface area contributed by atoms with Crippen molar-refractivity contribution in [2.45, 2.75) is 17.3 Å². The van der Waals surface area contributed by atoms with E-state index in [4.69, 9.17) is 10.5 Å². The summed E-state index contributed by atoms with van der Waals surface area (Å²) in [7, 11) is 0. The Labute approximate surface area is 114 Å². The molecule has 3 N–H and O–H groups in total. The lowest BCUT2D eigenvalue weighted by Crippen LogP contribution is -2.13. The fraction of sp³-hybridized carbons (Fsp3) is 0.250. The van der Waals surface area contributed by atoms with Crippen molar-refractivity contribution in [2.75, 3.05) is 12.3 Å². The van der Waals surface area contributed by atoms with Crippen LogP contribution < -0.4 is 5.73 Å². The summed E-state index contributed by atoms with van der Waals surface area (Å²) in [5.41, 5.74) is 6.31. The van der Waals surface area contributed by atoms with Gasteiger partial charge in [0.25, 0.3) is 0 Å². The number of nitrogens with two attached hydrogens (primary N) is 1. The van der Waals surface area contributed by atoms with E-state index in [1.165, 1.54) is 11.8 Å². The van der Waals surface area contributed by atoms with Gasteiger partial charge in [-0.1, -0.05) is 42.1 Å². The van der Waals surface area contributed by atoms with Gasteiger partial charge in [-0.3, -0.25) is 4.79 Å². The largest absolute Gasteiger partial charge is 0.465 e. The maximum absolute atomic E-state index is 12.0. The maximum atomic E-state index is 12.0. The smallest absolute Gasteiger partial charge is 0.324 e. The molecule has 0 spiro atoms. The molecule has 1 aromatic heterocycles. The van der Waals surface area contributed by atoms with Gasteiger partial charge in [-0.25, -0.2) is 5.10 Å². The summed E-state index contributed by atoms with van der Waals surface area (Å²) in [5.74, 6) is -0.0970. The third kappa shape index (κ3) is 3.47. The van der Waals surface area contributed by atoms with Crippen molar-refractivity contribution in [3.63, 3.8) is 0 Å². The summed E-state index contributed by atoms with van der Waals surface area (Å²) in [6, 6.07) is 9.36.